The zero-order valence-electron chi connectivity index (χ0n) is 10.3. The molecule has 0 bridgehead atoms. The molecule has 1 aromatic heterocycles. The second-order valence-corrected chi connectivity index (χ2v) is 4.15. The quantitative estimate of drug-likeness (QED) is 0.740. The van der Waals surface area contributed by atoms with Gasteiger partial charge in [0, 0.05) is 12.5 Å². The zero-order chi connectivity index (χ0) is 14.0. The van der Waals surface area contributed by atoms with Crippen LogP contribution in [0, 0.1) is 0 Å². The molecule has 0 aliphatic heterocycles. The predicted octanol–water partition coefficient (Wildman–Crippen LogP) is 0.403. The first-order valence-electron chi connectivity index (χ1n) is 5.67. The minimum atomic E-state index is -1.00. The summed E-state index contributed by atoms with van der Waals surface area (Å²) < 4.78 is 9.99. The van der Waals surface area contributed by atoms with Gasteiger partial charge in [0.2, 0.25) is 0 Å². The Morgan fingerprint density at radius 1 is 1.37 bits per heavy atom. The highest BCUT2D eigenvalue weighted by atomic mass is 16.5. The van der Waals surface area contributed by atoms with E-state index in [0.29, 0.717) is 11.1 Å². The van der Waals surface area contributed by atoms with E-state index in [4.69, 9.17) is 14.3 Å². The van der Waals surface area contributed by atoms with Gasteiger partial charge in [0.15, 0.2) is 0 Å². The minimum absolute atomic E-state index is 0.0135. The third-order valence-electron chi connectivity index (χ3n) is 2.75. The van der Waals surface area contributed by atoms with Gasteiger partial charge in [0.1, 0.15) is 22.6 Å². The number of ether oxygens (including phenoxy) is 1. The van der Waals surface area contributed by atoms with E-state index in [2.05, 4.69) is 0 Å². The number of phenols is 1. The van der Waals surface area contributed by atoms with E-state index in [0.717, 1.165) is 0 Å². The van der Waals surface area contributed by atoms with Crippen molar-refractivity contribution < 1.29 is 24.5 Å². The number of aromatic hydroxyl groups is 1. The maximum Gasteiger partial charge on any atom is 0.347 e. The van der Waals surface area contributed by atoms with Crippen molar-refractivity contribution in [2.75, 3.05) is 13.7 Å². The topological polar surface area (TPSA) is 100 Å². The van der Waals surface area contributed by atoms with Crippen LogP contribution in [0.25, 0.3) is 10.8 Å². The number of fused-ring (bicyclic) bond motifs is 1. The lowest BCUT2D eigenvalue weighted by Crippen LogP contribution is -2.16. The molecule has 0 radical (unpaired) electrons. The molecule has 1 atom stereocenters. The van der Waals surface area contributed by atoms with Gasteiger partial charge >= 0.3 is 5.63 Å². The number of aliphatic hydroxyl groups excluding tert-OH is 2. The van der Waals surface area contributed by atoms with Crippen LogP contribution in [0.5, 0.6) is 11.5 Å². The lowest BCUT2D eigenvalue weighted by molar-refractivity contribution is 0.0905. The molecule has 0 saturated heterocycles. The lowest BCUT2D eigenvalue weighted by atomic mass is 10.1. The van der Waals surface area contributed by atoms with Gasteiger partial charge in [-0.25, -0.2) is 4.79 Å². The smallest absolute Gasteiger partial charge is 0.347 e. The molecule has 0 aliphatic rings. The van der Waals surface area contributed by atoms with Crippen LogP contribution in [-0.2, 0) is 6.42 Å². The first-order chi connectivity index (χ1) is 9.05. The van der Waals surface area contributed by atoms with Gasteiger partial charge in [0.25, 0.3) is 0 Å². The van der Waals surface area contributed by atoms with Gasteiger partial charge in [-0.15, -0.1) is 0 Å². The molecule has 102 valence electrons. The van der Waals surface area contributed by atoms with Crippen LogP contribution in [0.3, 0.4) is 0 Å². The Balaban J connectivity index is 2.58. The molecule has 1 aromatic carbocycles. The van der Waals surface area contributed by atoms with E-state index in [1.165, 1.54) is 19.2 Å². The third-order valence-corrected chi connectivity index (χ3v) is 2.75. The molecule has 6 nitrogen and oxygen atoms in total. The van der Waals surface area contributed by atoms with E-state index >= 15 is 0 Å². The summed E-state index contributed by atoms with van der Waals surface area (Å²) in [6.07, 6.45) is -0.987. The molecule has 2 aromatic rings. The Morgan fingerprint density at radius 3 is 2.74 bits per heavy atom. The highest BCUT2D eigenvalue weighted by molar-refractivity contribution is 5.88. The number of rotatable bonds is 4. The van der Waals surface area contributed by atoms with Gasteiger partial charge in [-0.2, -0.15) is 0 Å². The average Bonchev–Trinajstić information content (AvgIpc) is 2.37. The Labute approximate surface area is 108 Å². The number of aliphatic hydroxyl groups is 2. The summed E-state index contributed by atoms with van der Waals surface area (Å²) >= 11 is 0. The fourth-order valence-electron chi connectivity index (χ4n) is 1.85. The summed E-state index contributed by atoms with van der Waals surface area (Å²) in [6, 6.07) is 4.43. The Morgan fingerprint density at radius 2 is 2.11 bits per heavy atom. The SMILES string of the molecule is COc1cc(O)c2c(=O)oc(C[C@@H](O)CO)cc2c1. The van der Waals surface area contributed by atoms with Gasteiger partial charge < -0.3 is 24.5 Å². The molecule has 0 saturated carbocycles. The summed E-state index contributed by atoms with van der Waals surface area (Å²) in [5, 5.41) is 28.4. The minimum Gasteiger partial charge on any atom is -0.507 e. The molecule has 2 rings (SSSR count). The van der Waals surface area contributed by atoms with Crippen molar-refractivity contribution in [3.63, 3.8) is 0 Å². The number of phenolic OH excluding ortho intramolecular Hbond substituents is 1. The van der Waals surface area contributed by atoms with Gasteiger partial charge in [-0.05, 0) is 17.5 Å². The fourth-order valence-corrected chi connectivity index (χ4v) is 1.85. The van der Waals surface area contributed by atoms with E-state index < -0.39 is 18.3 Å². The molecule has 1 heterocycles. The molecule has 0 spiro atoms. The molecule has 19 heavy (non-hydrogen) atoms. The van der Waals surface area contributed by atoms with Gasteiger partial charge in [-0.1, -0.05) is 0 Å². The van der Waals surface area contributed by atoms with E-state index in [9.17, 15) is 15.0 Å². The van der Waals surface area contributed by atoms with E-state index in [1.807, 2.05) is 0 Å². The molecule has 6 heteroatoms. The summed E-state index contributed by atoms with van der Waals surface area (Å²) in [5.74, 6) is 0.410. The number of hydrogen-bond donors (Lipinski definition) is 3. The van der Waals surface area contributed by atoms with E-state index in [1.54, 1.807) is 6.07 Å². The van der Waals surface area contributed by atoms with E-state index in [-0.39, 0.29) is 23.3 Å². The summed E-state index contributed by atoms with van der Waals surface area (Å²) in [6.45, 7) is -0.425. The van der Waals surface area contributed by atoms with Crippen molar-refractivity contribution in [1.29, 1.82) is 0 Å². The van der Waals surface area contributed by atoms with Crippen LogP contribution in [0.1, 0.15) is 5.76 Å². The molecule has 0 unspecified atom stereocenters. The Hall–Kier alpha value is -2.05. The van der Waals surface area contributed by atoms with Crippen LogP contribution in [0.4, 0.5) is 0 Å². The second kappa shape index (κ2) is 5.29. The molecular formula is C13H14O6. The van der Waals surface area contributed by atoms with Crippen LogP contribution in [0.2, 0.25) is 0 Å². The summed E-state index contributed by atoms with van der Waals surface area (Å²) in [4.78, 5) is 11.8. The fraction of sp³-hybridized carbons (Fsp3) is 0.308. The van der Waals surface area contributed by atoms with Gasteiger partial charge in [-0.3, -0.25) is 0 Å². The van der Waals surface area contributed by atoms with Crippen molar-refractivity contribution in [2.45, 2.75) is 12.5 Å². The van der Waals surface area contributed by atoms with Gasteiger partial charge in [0.05, 0.1) is 19.8 Å². The highest BCUT2D eigenvalue weighted by Crippen LogP contribution is 2.28. The van der Waals surface area contributed by atoms with Crippen molar-refractivity contribution >= 4 is 10.8 Å². The number of methoxy groups -OCH3 is 1. The first kappa shape index (κ1) is 13.4. The monoisotopic (exact) mass is 266 g/mol. The maximum absolute atomic E-state index is 11.8. The molecule has 0 fully saturated rings. The normalized spacial score (nSPS) is 12.6. The van der Waals surface area contributed by atoms with Crippen LogP contribution in [-0.4, -0.2) is 35.1 Å². The molecule has 3 N–H and O–H groups in total. The Kier molecular flexibility index (Phi) is 3.73. The van der Waals surface area contributed by atoms with Crippen LogP contribution >= 0.6 is 0 Å². The van der Waals surface area contributed by atoms with Crippen molar-refractivity contribution in [2.24, 2.45) is 0 Å². The average molecular weight is 266 g/mol. The number of benzene rings is 1. The number of hydrogen-bond acceptors (Lipinski definition) is 6. The van der Waals surface area contributed by atoms with Crippen LogP contribution in [0.15, 0.2) is 27.4 Å². The highest BCUT2D eigenvalue weighted by Gasteiger charge is 2.13. The largest absolute Gasteiger partial charge is 0.507 e. The van der Waals surface area contributed by atoms with Crippen molar-refractivity contribution in [3.8, 4) is 11.5 Å². The van der Waals surface area contributed by atoms with Crippen LogP contribution < -0.4 is 10.4 Å². The van der Waals surface area contributed by atoms with Crippen molar-refractivity contribution in [1.82, 2.24) is 0 Å². The molecular weight excluding hydrogens is 252 g/mol. The molecule has 0 amide bonds. The maximum atomic E-state index is 11.8. The zero-order valence-corrected chi connectivity index (χ0v) is 10.3. The van der Waals surface area contributed by atoms with Crippen molar-refractivity contribution in [3.05, 3.63) is 34.4 Å². The second-order valence-electron chi connectivity index (χ2n) is 4.15. The first-order valence-corrected chi connectivity index (χ1v) is 5.67. The molecule has 0 aliphatic carbocycles. The summed E-state index contributed by atoms with van der Waals surface area (Å²) in [5.41, 5.74) is -0.696. The standard InChI is InChI=1S/C13H14O6/c1-18-9-2-7-3-10(4-8(15)6-14)19-13(17)12(7)11(16)5-9/h2-3,5,8,14-16H,4,6H2,1H3/t8-/m1/s1. The predicted molar refractivity (Wildman–Crippen MR) is 67.5 cm³/mol. The lowest BCUT2D eigenvalue weighted by Gasteiger charge is -2.08. The third kappa shape index (κ3) is 2.69. The summed E-state index contributed by atoms with van der Waals surface area (Å²) in [7, 11) is 1.45. The Bertz CT molecular complexity index is 645.